The molecule has 0 saturated carbocycles. The lowest BCUT2D eigenvalue weighted by Gasteiger charge is -2.14. The number of hydrogen-bond acceptors (Lipinski definition) is 3. The van der Waals surface area contributed by atoms with Crippen molar-refractivity contribution >= 4 is 12.0 Å². The van der Waals surface area contributed by atoms with Gasteiger partial charge < -0.3 is 15.0 Å². The standard InChI is InChI=1S/C16H22N2O3/c1-12(2)10-15(19)17-8-9-18-11-14(21-16(18)20)13-6-4-3-5-7-13/h3-7,12,14H,8-11H2,1-2H3,(H,17,19). The molecule has 2 amide bonds. The second-order valence-corrected chi connectivity index (χ2v) is 5.68. The highest BCUT2D eigenvalue weighted by atomic mass is 16.6. The van der Waals surface area contributed by atoms with Gasteiger partial charge in [0.05, 0.1) is 6.54 Å². The number of nitrogens with one attached hydrogen (secondary N) is 1. The van der Waals surface area contributed by atoms with E-state index in [0.717, 1.165) is 5.56 Å². The Morgan fingerprint density at radius 3 is 2.76 bits per heavy atom. The first-order valence-electron chi connectivity index (χ1n) is 7.33. The molecule has 1 fully saturated rings. The third-order valence-electron chi connectivity index (χ3n) is 3.36. The summed E-state index contributed by atoms with van der Waals surface area (Å²) < 4.78 is 5.36. The fraction of sp³-hybridized carbons (Fsp3) is 0.500. The molecule has 1 saturated heterocycles. The highest BCUT2D eigenvalue weighted by molar-refractivity contribution is 5.76. The van der Waals surface area contributed by atoms with Gasteiger partial charge in [0.25, 0.3) is 0 Å². The van der Waals surface area contributed by atoms with Gasteiger partial charge in [0.1, 0.15) is 6.10 Å². The van der Waals surface area contributed by atoms with E-state index >= 15 is 0 Å². The molecule has 1 aliphatic heterocycles. The van der Waals surface area contributed by atoms with Gasteiger partial charge in [0.2, 0.25) is 5.91 Å². The highest BCUT2D eigenvalue weighted by Crippen LogP contribution is 2.25. The van der Waals surface area contributed by atoms with Crippen LogP contribution >= 0.6 is 0 Å². The van der Waals surface area contributed by atoms with Crippen LogP contribution in [-0.4, -0.2) is 36.5 Å². The van der Waals surface area contributed by atoms with Crippen molar-refractivity contribution in [3.8, 4) is 0 Å². The maximum absolute atomic E-state index is 11.8. The highest BCUT2D eigenvalue weighted by Gasteiger charge is 2.31. The number of carbonyl (C=O) groups excluding carboxylic acids is 2. The second-order valence-electron chi connectivity index (χ2n) is 5.68. The molecule has 5 nitrogen and oxygen atoms in total. The van der Waals surface area contributed by atoms with E-state index in [2.05, 4.69) is 5.32 Å². The van der Waals surface area contributed by atoms with E-state index in [1.807, 2.05) is 44.2 Å². The lowest BCUT2D eigenvalue weighted by atomic mass is 10.1. The first kappa shape index (κ1) is 15.4. The van der Waals surface area contributed by atoms with E-state index in [1.165, 1.54) is 0 Å². The normalized spacial score (nSPS) is 18.0. The number of carbonyl (C=O) groups is 2. The van der Waals surface area contributed by atoms with E-state index in [0.29, 0.717) is 32.0 Å². The van der Waals surface area contributed by atoms with Crippen LogP contribution in [0.3, 0.4) is 0 Å². The minimum Gasteiger partial charge on any atom is -0.439 e. The molecular formula is C16H22N2O3. The minimum absolute atomic E-state index is 0.0252. The fourth-order valence-corrected chi connectivity index (χ4v) is 2.31. The molecule has 0 spiro atoms. The van der Waals surface area contributed by atoms with Gasteiger partial charge in [0, 0.05) is 19.5 Å². The summed E-state index contributed by atoms with van der Waals surface area (Å²) in [7, 11) is 0. The number of amides is 2. The van der Waals surface area contributed by atoms with Gasteiger partial charge in [0.15, 0.2) is 0 Å². The molecule has 1 heterocycles. The number of hydrogen-bond donors (Lipinski definition) is 1. The summed E-state index contributed by atoms with van der Waals surface area (Å²) in [4.78, 5) is 25.0. The van der Waals surface area contributed by atoms with Gasteiger partial charge in [-0.3, -0.25) is 4.79 Å². The molecule has 1 aromatic carbocycles. The first-order chi connectivity index (χ1) is 10.1. The Balaban J connectivity index is 1.78. The van der Waals surface area contributed by atoms with Crippen LogP contribution in [0.25, 0.3) is 0 Å². The molecule has 1 aromatic rings. The molecule has 1 atom stereocenters. The van der Waals surface area contributed by atoms with Gasteiger partial charge in [-0.2, -0.15) is 0 Å². The van der Waals surface area contributed by atoms with Crippen molar-refractivity contribution in [1.82, 2.24) is 10.2 Å². The van der Waals surface area contributed by atoms with Crippen molar-refractivity contribution in [3.05, 3.63) is 35.9 Å². The molecule has 0 aliphatic carbocycles. The number of benzene rings is 1. The quantitative estimate of drug-likeness (QED) is 0.875. The lowest BCUT2D eigenvalue weighted by molar-refractivity contribution is -0.121. The average molecular weight is 290 g/mol. The molecule has 1 N–H and O–H groups in total. The van der Waals surface area contributed by atoms with Gasteiger partial charge >= 0.3 is 6.09 Å². The second kappa shape index (κ2) is 7.11. The van der Waals surface area contributed by atoms with Crippen molar-refractivity contribution < 1.29 is 14.3 Å². The SMILES string of the molecule is CC(C)CC(=O)NCCN1CC(c2ccccc2)OC1=O. The topological polar surface area (TPSA) is 58.6 Å². The van der Waals surface area contributed by atoms with Crippen LogP contribution < -0.4 is 5.32 Å². The van der Waals surface area contributed by atoms with E-state index in [-0.39, 0.29) is 18.1 Å². The summed E-state index contributed by atoms with van der Waals surface area (Å²) in [5.41, 5.74) is 0.997. The Hall–Kier alpha value is -2.04. The molecule has 0 aromatic heterocycles. The predicted molar refractivity (Wildman–Crippen MR) is 79.7 cm³/mol. The van der Waals surface area contributed by atoms with Crippen molar-refractivity contribution in [2.75, 3.05) is 19.6 Å². The van der Waals surface area contributed by atoms with Crippen LogP contribution in [0, 0.1) is 5.92 Å². The fourth-order valence-electron chi connectivity index (χ4n) is 2.31. The lowest BCUT2D eigenvalue weighted by Crippen LogP contribution is -2.35. The third-order valence-corrected chi connectivity index (χ3v) is 3.36. The summed E-state index contributed by atoms with van der Waals surface area (Å²) in [6.45, 7) is 5.47. The molecule has 0 radical (unpaired) electrons. The third kappa shape index (κ3) is 4.48. The molecule has 0 bridgehead atoms. The summed E-state index contributed by atoms with van der Waals surface area (Å²) in [6, 6.07) is 9.69. The van der Waals surface area contributed by atoms with Crippen LogP contribution in [0.4, 0.5) is 4.79 Å². The van der Waals surface area contributed by atoms with Crippen molar-refractivity contribution in [1.29, 1.82) is 0 Å². The summed E-state index contributed by atoms with van der Waals surface area (Å²) in [5, 5.41) is 2.83. The van der Waals surface area contributed by atoms with Crippen LogP contribution in [0.15, 0.2) is 30.3 Å². The maximum Gasteiger partial charge on any atom is 0.410 e. The molecule has 114 valence electrons. The summed E-state index contributed by atoms with van der Waals surface area (Å²) in [5.74, 6) is 0.362. The molecule has 1 aliphatic rings. The van der Waals surface area contributed by atoms with Crippen molar-refractivity contribution in [2.45, 2.75) is 26.4 Å². The van der Waals surface area contributed by atoms with E-state index < -0.39 is 0 Å². The van der Waals surface area contributed by atoms with Gasteiger partial charge in [-0.1, -0.05) is 44.2 Å². The molecule has 1 unspecified atom stereocenters. The van der Waals surface area contributed by atoms with Gasteiger partial charge in [-0.25, -0.2) is 4.79 Å². The number of nitrogens with zero attached hydrogens (tertiary/aromatic N) is 1. The summed E-state index contributed by atoms with van der Waals surface area (Å²) >= 11 is 0. The average Bonchev–Trinajstić information content (AvgIpc) is 2.80. The van der Waals surface area contributed by atoms with E-state index in [1.54, 1.807) is 4.90 Å². The Morgan fingerprint density at radius 1 is 1.38 bits per heavy atom. The zero-order valence-electron chi connectivity index (χ0n) is 12.5. The molecule has 2 rings (SSSR count). The number of ether oxygens (including phenoxy) is 1. The maximum atomic E-state index is 11.8. The van der Waals surface area contributed by atoms with Gasteiger partial charge in [-0.05, 0) is 11.5 Å². The minimum atomic E-state index is -0.318. The van der Waals surface area contributed by atoms with E-state index in [9.17, 15) is 9.59 Å². The first-order valence-corrected chi connectivity index (χ1v) is 7.33. The Kier molecular flexibility index (Phi) is 5.20. The van der Waals surface area contributed by atoms with Crippen LogP contribution in [0.2, 0.25) is 0 Å². The van der Waals surface area contributed by atoms with Crippen molar-refractivity contribution in [2.24, 2.45) is 5.92 Å². The summed E-state index contributed by atoms with van der Waals surface area (Å²) in [6.07, 6.45) is -0.0242. The monoisotopic (exact) mass is 290 g/mol. The van der Waals surface area contributed by atoms with Crippen LogP contribution in [0.1, 0.15) is 31.9 Å². The zero-order chi connectivity index (χ0) is 15.2. The van der Waals surface area contributed by atoms with Crippen LogP contribution in [0.5, 0.6) is 0 Å². The number of cyclic esters (lactones) is 1. The largest absolute Gasteiger partial charge is 0.439 e. The Bertz CT molecular complexity index is 488. The molecular weight excluding hydrogens is 268 g/mol. The van der Waals surface area contributed by atoms with Gasteiger partial charge in [-0.15, -0.1) is 0 Å². The Morgan fingerprint density at radius 2 is 2.10 bits per heavy atom. The number of rotatable bonds is 6. The van der Waals surface area contributed by atoms with Crippen LogP contribution in [-0.2, 0) is 9.53 Å². The zero-order valence-corrected chi connectivity index (χ0v) is 12.5. The molecule has 21 heavy (non-hydrogen) atoms. The Labute approximate surface area is 125 Å². The van der Waals surface area contributed by atoms with E-state index in [4.69, 9.17) is 4.74 Å². The molecule has 5 heteroatoms. The van der Waals surface area contributed by atoms with Crippen molar-refractivity contribution in [3.63, 3.8) is 0 Å². The smallest absolute Gasteiger partial charge is 0.410 e. The predicted octanol–water partition coefficient (Wildman–Crippen LogP) is 2.34.